The fourth-order valence-electron chi connectivity index (χ4n) is 7.49. The molecule has 6 heteroatoms. The lowest BCUT2D eigenvalue weighted by atomic mass is 9.51. The second kappa shape index (κ2) is 7.06. The van der Waals surface area contributed by atoms with Crippen molar-refractivity contribution >= 4 is 17.5 Å². The third-order valence-electron chi connectivity index (χ3n) is 8.91. The molecular formula is C26H33NO5. The molecule has 5 atom stereocenters. The molecule has 2 saturated heterocycles. The lowest BCUT2D eigenvalue weighted by Crippen LogP contribution is -2.53. The summed E-state index contributed by atoms with van der Waals surface area (Å²) in [6.45, 7) is 9.75. The van der Waals surface area contributed by atoms with E-state index in [9.17, 15) is 19.5 Å². The summed E-state index contributed by atoms with van der Waals surface area (Å²) in [6.07, 6.45) is 5.80. The number of aliphatic hydroxyl groups excluding tert-OH is 1. The van der Waals surface area contributed by atoms with Crippen molar-refractivity contribution in [2.75, 3.05) is 13.1 Å². The van der Waals surface area contributed by atoms with E-state index in [4.69, 9.17) is 4.74 Å². The van der Waals surface area contributed by atoms with Crippen LogP contribution >= 0.6 is 0 Å². The van der Waals surface area contributed by atoms with Crippen molar-refractivity contribution in [2.24, 2.45) is 22.7 Å². The highest BCUT2D eigenvalue weighted by Crippen LogP contribution is 2.63. The molecule has 1 N–H and O–H groups in total. The van der Waals surface area contributed by atoms with Crippen LogP contribution in [0.4, 0.5) is 0 Å². The van der Waals surface area contributed by atoms with Crippen LogP contribution in [0.25, 0.3) is 0 Å². The lowest BCUT2D eigenvalue weighted by molar-refractivity contribution is -0.153. The van der Waals surface area contributed by atoms with E-state index in [2.05, 4.69) is 11.8 Å². The molecule has 1 saturated carbocycles. The lowest BCUT2D eigenvalue weighted by Gasteiger charge is -2.53. The third kappa shape index (κ3) is 2.61. The molecule has 0 aromatic heterocycles. The average molecular weight is 440 g/mol. The first-order valence-corrected chi connectivity index (χ1v) is 12.1. The number of nitrogens with zero attached hydrogens (tertiary/aromatic N) is 1. The van der Waals surface area contributed by atoms with Crippen LogP contribution in [-0.2, 0) is 19.1 Å². The van der Waals surface area contributed by atoms with Crippen LogP contribution < -0.4 is 0 Å². The highest BCUT2D eigenvalue weighted by Gasteiger charge is 2.62. The van der Waals surface area contributed by atoms with E-state index in [0.717, 1.165) is 31.5 Å². The first kappa shape index (κ1) is 21.5. The molecule has 3 fully saturated rings. The van der Waals surface area contributed by atoms with Gasteiger partial charge in [0.2, 0.25) is 5.78 Å². The normalized spacial score (nSPS) is 40.6. The minimum atomic E-state index is -0.784. The number of allylic oxidation sites excluding steroid dienone is 1. The van der Waals surface area contributed by atoms with Gasteiger partial charge in [0.05, 0.1) is 11.0 Å². The summed E-state index contributed by atoms with van der Waals surface area (Å²) in [5.74, 6) is -1.20. The molecule has 0 bridgehead atoms. The summed E-state index contributed by atoms with van der Waals surface area (Å²) in [4.78, 5) is 41.7. The minimum Gasteiger partial charge on any atom is -0.504 e. The SMILES string of the molecule is CC[C@H]1OC(=O)/C(=C/N2CCCC2)C2=C(O)C(=O)C3=C([C@H](C)C[C@]4(C)C(=O)CC[C@@H]34)[C@]21C. The van der Waals surface area contributed by atoms with E-state index in [1.165, 1.54) is 0 Å². The first-order chi connectivity index (χ1) is 15.1. The Kier molecular flexibility index (Phi) is 4.74. The second-order valence-electron chi connectivity index (χ2n) is 10.7. The number of ketones is 2. The van der Waals surface area contributed by atoms with E-state index in [0.29, 0.717) is 42.4 Å². The van der Waals surface area contributed by atoms with Gasteiger partial charge in [0.1, 0.15) is 11.9 Å². The van der Waals surface area contributed by atoms with Crippen molar-refractivity contribution in [1.29, 1.82) is 0 Å². The van der Waals surface area contributed by atoms with Crippen LogP contribution in [0.3, 0.4) is 0 Å². The number of ether oxygens (including phenoxy) is 1. The average Bonchev–Trinajstić information content (AvgIpc) is 3.35. The smallest absolute Gasteiger partial charge is 0.340 e. The Morgan fingerprint density at radius 2 is 1.88 bits per heavy atom. The minimum absolute atomic E-state index is 0.0239. The Labute approximate surface area is 189 Å². The van der Waals surface area contributed by atoms with Gasteiger partial charge >= 0.3 is 5.97 Å². The number of carbonyl (C=O) groups excluding carboxylic acids is 3. The van der Waals surface area contributed by atoms with Gasteiger partial charge in [-0.25, -0.2) is 4.79 Å². The van der Waals surface area contributed by atoms with Crippen LogP contribution in [-0.4, -0.2) is 46.7 Å². The zero-order valence-electron chi connectivity index (χ0n) is 19.5. The summed E-state index contributed by atoms with van der Waals surface area (Å²) in [5, 5.41) is 11.4. The molecule has 0 aromatic rings. The molecule has 0 aromatic carbocycles. The molecule has 172 valence electrons. The summed E-state index contributed by atoms with van der Waals surface area (Å²) in [6, 6.07) is 0. The van der Waals surface area contributed by atoms with Crippen molar-refractivity contribution in [3.05, 3.63) is 34.3 Å². The maximum Gasteiger partial charge on any atom is 0.340 e. The van der Waals surface area contributed by atoms with Crippen LogP contribution in [0.5, 0.6) is 0 Å². The zero-order chi connectivity index (χ0) is 23.0. The van der Waals surface area contributed by atoms with E-state index in [1.54, 1.807) is 6.20 Å². The van der Waals surface area contributed by atoms with Gasteiger partial charge in [-0.3, -0.25) is 9.59 Å². The number of fused-ring (bicyclic) bond motifs is 4. The Morgan fingerprint density at radius 1 is 1.19 bits per heavy atom. The molecular weight excluding hydrogens is 406 g/mol. The number of rotatable bonds is 2. The second-order valence-corrected chi connectivity index (χ2v) is 10.7. The standard InChI is InChI=1S/C26H33NO5/c1-5-18-26(4)20-14(2)12-25(3)16(8-9-17(25)28)19(20)22(29)23(30)21(26)15(24(31)32-18)13-27-10-6-7-11-27/h13-14,16,18,30H,5-12H2,1-4H3/b15-13+/t14-,16+,18-,25+,26-/m1/s1. The predicted molar refractivity (Wildman–Crippen MR) is 118 cm³/mol. The number of Topliss-reactive ketones (excluding diaryl/α,β-unsaturated/α-hetero) is 2. The van der Waals surface area contributed by atoms with E-state index in [1.807, 2.05) is 20.8 Å². The van der Waals surface area contributed by atoms with Crippen LogP contribution in [0.2, 0.25) is 0 Å². The Hall–Kier alpha value is -2.37. The van der Waals surface area contributed by atoms with Gasteiger partial charge in [-0.15, -0.1) is 0 Å². The summed E-state index contributed by atoms with van der Waals surface area (Å²) < 4.78 is 5.98. The van der Waals surface area contributed by atoms with Crippen molar-refractivity contribution < 1.29 is 24.2 Å². The molecule has 32 heavy (non-hydrogen) atoms. The molecule has 5 rings (SSSR count). The van der Waals surface area contributed by atoms with Crippen LogP contribution in [0.15, 0.2) is 34.3 Å². The van der Waals surface area contributed by atoms with Crippen LogP contribution in [0.1, 0.15) is 66.2 Å². The third-order valence-corrected chi connectivity index (χ3v) is 8.91. The maximum absolute atomic E-state index is 13.7. The topological polar surface area (TPSA) is 83.9 Å². The highest BCUT2D eigenvalue weighted by atomic mass is 16.5. The Bertz CT molecular complexity index is 1010. The maximum atomic E-state index is 13.7. The molecule has 0 amide bonds. The zero-order valence-corrected chi connectivity index (χ0v) is 19.5. The molecule has 3 aliphatic carbocycles. The number of hydrogen-bond acceptors (Lipinski definition) is 6. The van der Waals surface area contributed by atoms with Crippen molar-refractivity contribution in [1.82, 2.24) is 4.90 Å². The van der Waals surface area contributed by atoms with E-state index >= 15 is 0 Å². The molecule has 5 aliphatic rings. The van der Waals surface area contributed by atoms with Gasteiger partial charge in [-0.05, 0) is 50.5 Å². The monoisotopic (exact) mass is 439 g/mol. The Balaban J connectivity index is 1.74. The molecule has 2 aliphatic heterocycles. The van der Waals surface area contributed by atoms with Gasteiger partial charge in [0.15, 0.2) is 5.76 Å². The number of carbonyl (C=O) groups is 3. The van der Waals surface area contributed by atoms with Crippen molar-refractivity contribution in [3.63, 3.8) is 0 Å². The number of esters is 1. The van der Waals surface area contributed by atoms with Gasteiger partial charge < -0.3 is 14.7 Å². The fourth-order valence-corrected chi connectivity index (χ4v) is 7.49. The summed E-state index contributed by atoms with van der Waals surface area (Å²) >= 11 is 0. The summed E-state index contributed by atoms with van der Waals surface area (Å²) in [5.41, 5.74) is 0.963. The quantitative estimate of drug-likeness (QED) is 0.517. The summed E-state index contributed by atoms with van der Waals surface area (Å²) in [7, 11) is 0. The number of hydrogen-bond donors (Lipinski definition) is 1. The number of cyclic esters (lactones) is 1. The Morgan fingerprint density at radius 3 is 2.53 bits per heavy atom. The van der Waals surface area contributed by atoms with Crippen molar-refractivity contribution in [2.45, 2.75) is 72.3 Å². The molecule has 0 spiro atoms. The molecule has 0 radical (unpaired) electrons. The van der Waals surface area contributed by atoms with Crippen molar-refractivity contribution in [3.8, 4) is 0 Å². The van der Waals surface area contributed by atoms with Gasteiger partial charge in [-0.1, -0.05) is 20.8 Å². The van der Waals surface area contributed by atoms with E-state index < -0.39 is 28.7 Å². The largest absolute Gasteiger partial charge is 0.504 e. The predicted octanol–water partition coefficient (Wildman–Crippen LogP) is 4.02. The van der Waals surface area contributed by atoms with Crippen LogP contribution in [0, 0.1) is 22.7 Å². The molecule has 0 unspecified atom stereocenters. The number of likely N-dealkylation sites (tertiary alicyclic amines) is 1. The molecule has 6 nitrogen and oxygen atoms in total. The molecule has 2 heterocycles. The van der Waals surface area contributed by atoms with Gasteiger partial charge in [0, 0.05) is 48.2 Å². The van der Waals surface area contributed by atoms with Gasteiger partial charge in [0.25, 0.3) is 0 Å². The first-order valence-electron chi connectivity index (χ1n) is 12.1. The fraction of sp³-hybridized carbons (Fsp3) is 0.654. The number of aliphatic hydroxyl groups is 1. The van der Waals surface area contributed by atoms with Gasteiger partial charge in [-0.2, -0.15) is 0 Å². The highest BCUT2D eigenvalue weighted by molar-refractivity contribution is 6.13. The van der Waals surface area contributed by atoms with E-state index in [-0.39, 0.29) is 23.4 Å².